The van der Waals surface area contributed by atoms with Gasteiger partial charge in [-0.15, -0.1) is 0 Å². The minimum atomic E-state index is -0.114. The van der Waals surface area contributed by atoms with E-state index in [-0.39, 0.29) is 18.5 Å². The van der Waals surface area contributed by atoms with Crippen LogP contribution in [-0.4, -0.2) is 29.9 Å². The Hall–Kier alpha value is -2.14. The van der Waals surface area contributed by atoms with E-state index in [1.54, 1.807) is 21.9 Å². The highest BCUT2D eigenvalue weighted by Gasteiger charge is 2.26. The first-order chi connectivity index (χ1) is 11.1. The number of hydrogen-bond donors (Lipinski definition) is 0. The Morgan fingerprint density at radius 3 is 2.57 bits per heavy atom. The first kappa shape index (κ1) is 15.7. The maximum Gasteiger partial charge on any atom is 0.259 e. The van der Waals surface area contributed by atoms with Crippen molar-refractivity contribution in [3.05, 3.63) is 64.6 Å². The van der Waals surface area contributed by atoms with Gasteiger partial charge >= 0.3 is 0 Å². The molecule has 118 valence electrons. The molecule has 0 N–H and O–H groups in total. The molecule has 4 nitrogen and oxygen atoms in total. The van der Waals surface area contributed by atoms with Crippen molar-refractivity contribution in [2.45, 2.75) is 12.8 Å². The second-order valence-corrected chi connectivity index (χ2v) is 6.40. The Morgan fingerprint density at radius 2 is 1.91 bits per heavy atom. The van der Waals surface area contributed by atoms with Crippen LogP contribution in [0.2, 0.25) is 0 Å². The molecule has 0 atom stereocenters. The van der Waals surface area contributed by atoms with Gasteiger partial charge in [-0.2, -0.15) is 0 Å². The van der Waals surface area contributed by atoms with Gasteiger partial charge in [0, 0.05) is 28.7 Å². The number of anilines is 1. The molecule has 0 radical (unpaired) electrons. The van der Waals surface area contributed by atoms with Gasteiger partial charge < -0.3 is 4.90 Å². The minimum Gasteiger partial charge on any atom is -0.324 e. The van der Waals surface area contributed by atoms with E-state index in [9.17, 15) is 9.59 Å². The van der Waals surface area contributed by atoms with Crippen molar-refractivity contribution in [1.29, 1.82) is 0 Å². The number of nitrogens with zero attached hydrogens (tertiary/aromatic N) is 2. The van der Waals surface area contributed by atoms with Crippen LogP contribution >= 0.6 is 15.9 Å². The lowest BCUT2D eigenvalue weighted by Crippen LogP contribution is -2.42. The molecule has 0 unspecified atom stereocenters. The lowest BCUT2D eigenvalue weighted by molar-refractivity contribution is -0.127. The Kier molecular flexibility index (Phi) is 4.76. The Balaban J connectivity index is 1.91. The lowest BCUT2D eigenvalue weighted by atomic mass is 10.2. The van der Waals surface area contributed by atoms with Crippen LogP contribution in [-0.2, 0) is 4.79 Å². The third kappa shape index (κ3) is 3.62. The number of amides is 2. The summed E-state index contributed by atoms with van der Waals surface area (Å²) in [6, 6.07) is 16.8. The molecule has 1 aliphatic rings. The quantitative estimate of drug-likeness (QED) is 0.821. The SMILES string of the molecule is O=C1CCCN1CN(C(=O)c1cccc(Br)c1)c1ccccc1. The van der Waals surface area contributed by atoms with E-state index in [0.717, 1.165) is 16.6 Å². The molecule has 1 saturated heterocycles. The third-order valence-electron chi connectivity index (χ3n) is 3.87. The van der Waals surface area contributed by atoms with Crippen LogP contribution in [0.25, 0.3) is 0 Å². The summed E-state index contributed by atoms with van der Waals surface area (Å²) in [5, 5.41) is 0. The van der Waals surface area contributed by atoms with Gasteiger partial charge in [0.2, 0.25) is 5.91 Å². The van der Waals surface area contributed by atoms with E-state index in [1.807, 2.05) is 42.5 Å². The van der Waals surface area contributed by atoms with Crippen molar-refractivity contribution in [3.63, 3.8) is 0 Å². The minimum absolute atomic E-state index is 0.105. The molecular formula is C18H17BrN2O2. The average molecular weight is 373 g/mol. The highest BCUT2D eigenvalue weighted by molar-refractivity contribution is 9.10. The summed E-state index contributed by atoms with van der Waals surface area (Å²) >= 11 is 3.40. The molecule has 0 bridgehead atoms. The first-order valence-corrected chi connectivity index (χ1v) is 8.35. The van der Waals surface area contributed by atoms with Crippen LogP contribution < -0.4 is 4.90 Å². The van der Waals surface area contributed by atoms with Gasteiger partial charge in [0.25, 0.3) is 5.91 Å². The molecule has 0 aliphatic carbocycles. The van der Waals surface area contributed by atoms with E-state index in [2.05, 4.69) is 15.9 Å². The number of benzene rings is 2. The summed E-state index contributed by atoms with van der Waals surface area (Å²) < 4.78 is 0.855. The fourth-order valence-electron chi connectivity index (χ4n) is 2.67. The largest absolute Gasteiger partial charge is 0.324 e. The van der Waals surface area contributed by atoms with E-state index >= 15 is 0 Å². The van der Waals surface area contributed by atoms with Gasteiger partial charge in [0.05, 0.1) is 0 Å². The summed E-state index contributed by atoms with van der Waals surface area (Å²) in [7, 11) is 0. The monoisotopic (exact) mass is 372 g/mol. The van der Waals surface area contributed by atoms with Gasteiger partial charge in [0.1, 0.15) is 6.67 Å². The maximum absolute atomic E-state index is 13.0. The van der Waals surface area contributed by atoms with E-state index < -0.39 is 0 Å². The predicted octanol–water partition coefficient (Wildman–Crippen LogP) is 3.68. The van der Waals surface area contributed by atoms with Crippen molar-refractivity contribution < 1.29 is 9.59 Å². The molecule has 1 heterocycles. The van der Waals surface area contributed by atoms with E-state index in [1.165, 1.54) is 0 Å². The molecule has 0 saturated carbocycles. The molecule has 2 amide bonds. The predicted molar refractivity (Wildman–Crippen MR) is 93.2 cm³/mol. The summed E-state index contributed by atoms with van der Waals surface area (Å²) in [5.74, 6) is -0.00910. The Bertz CT molecular complexity index is 718. The van der Waals surface area contributed by atoms with Crippen LogP contribution in [0.3, 0.4) is 0 Å². The number of para-hydroxylation sites is 1. The number of rotatable bonds is 4. The summed E-state index contributed by atoms with van der Waals surface area (Å²) in [4.78, 5) is 28.3. The van der Waals surface area contributed by atoms with Crippen LogP contribution in [0.4, 0.5) is 5.69 Å². The zero-order valence-electron chi connectivity index (χ0n) is 12.6. The second-order valence-electron chi connectivity index (χ2n) is 5.48. The van der Waals surface area contributed by atoms with E-state index in [0.29, 0.717) is 18.5 Å². The average Bonchev–Trinajstić information content (AvgIpc) is 2.98. The molecule has 2 aromatic rings. The first-order valence-electron chi connectivity index (χ1n) is 7.55. The molecule has 5 heteroatoms. The zero-order valence-corrected chi connectivity index (χ0v) is 14.2. The van der Waals surface area contributed by atoms with Crippen LogP contribution in [0, 0.1) is 0 Å². The van der Waals surface area contributed by atoms with Gasteiger partial charge in [-0.3, -0.25) is 14.5 Å². The van der Waals surface area contributed by atoms with Crippen LogP contribution in [0.15, 0.2) is 59.1 Å². The van der Waals surface area contributed by atoms with Gasteiger partial charge in [-0.1, -0.05) is 40.2 Å². The van der Waals surface area contributed by atoms with Crippen molar-refractivity contribution in [2.24, 2.45) is 0 Å². The lowest BCUT2D eigenvalue weighted by Gasteiger charge is -2.28. The number of carbonyl (C=O) groups excluding carboxylic acids is 2. The van der Waals surface area contributed by atoms with E-state index in [4.69, 9.17) is 0 Å². The summed E-state index contributed by atoms with van der Waals surface area (Å²) in [6.07, 6.45) is 1.42. The standard InChI is InChI=1S/C18H17BrN2O2/c19-15-7-4-6-14(12-15)18(23)21(16-8-2-1-3-9-16)13-20-11-5-10-17(20)22/h1-4,6-9,12H,5,10-11,13H2. The number of hydrogen-bond acceptors (Lipinski definition) is 2. The number of carbonyl (C=O) groups is 2. The highest BCUT2D eigenvalue weighted by Crippen LogP contribution is 2.21. The van der Waals surface area contributed by atoms with Crippen molar-refractivity contribution >= 4 is 33.4 Å². The number of likely N-dealkylation sites (tertiary alicyclic amines) is 1. The number of halogens is 1. The van der Waals surface area contributed by atoms with Crippen molar-refractivity contribution in [3.8, 4) is 0 Å². The second kappa shape index (κ2) is 6.96. The summed E-state index contributed by atoms with van der Waals surface area (Å²) in [6.45, 7) is 0.988. The van der Waals surface area contributed by atoms with Gasteiger partial charge in [0.15, 0.2) is 0 Å². The molecule has 1 fully saturated rings. The van der Waals surface area contributed by atoms with Gasteiger partial charge in [-0.25, -0.2) is 0 Å². The normalized spacial score (nSPS) is 14.1. The van der Waals surface area contributed by atoms with Crippen LogP contribution in [0.1, 0.15) is 23.2 Å². The Morgan fingerprint density at radius 1 is 1.13 bits per heavy atom. The van der Waals surface area contributed by atoms with Crippen molar-refractivity contribution in [2.75, 3.05) is 18.1 Å². The maximum atomic E-state index is 13.0. The fraction of sp³-hybridized carbons (Fsp3) is 0.222. The summed E-state index contributed by atoms with van der Waals surface area (Å²) in [5.41, 5.74) is 1.38. The Labute approximate surface area is 143 Å². The highest BCUT2D eigenvalue weighted by atomic mass is 79.9. The molecule has 2 aromatic carbocycles. The smallest absolute Gasteiger partial charge is 0.259 e. The molecule has 0 aromatic heterocycles. The zero-order chi connectivity index (χ0) is 16.2. The van der Waals surface area contributed by atoms with Crippen LogP contribution in [0.5, 0.6) is 0 Å². The molecule has 3 rings (SSSR count). The molecule has 23 heavy (non-hydrogen) atoms. The molecule has 0 spiro atoms. The van der Waals surface area contributed by atoms with Gasteiger partial charge in [-0.05, 0) is 36.8 Å². The fourth-order valence-corrected chi connectivity index (χ4v) is 3.07. The molecular weight excluding hydrogens is 356 g/mol. The van der Waals surface area contributed by atoms with Crippen molar-refractivity contribution in [1.82, 2.24) is 4.90 Å². The molecule has 1 aliphatic heterocycles. The topological polar surface area (TPSA) is 40.6 Å². The third-order valence-corrected chi connectivity index (χ3v) is 4.36.